The standard InChI is InChI=1S/C28H33N7O2/c1-20(36)34-12-7-21(8-13-34)19-37-27-3-2-22(14-24(27)16-29)23-4-11-31-28(15-23)33-25-17-32-35(18-25)26-5-9-30-10-6-26/h2-4,11,14-15,17-18,21,26,30H,5-10,12-13,19H2,1H3,(H,31,33). The first-order valence-electron chi connectivity index (χ1n) is 13.0. The minimum absolute atomic E-state index is 0.128. The molecule has 2 fully saturated rings. The summed E-state index contributed by atoms with van der Waals surface area (Å²) in [4.78, 5) is 17.9. The molecule has 9 nitrogen and oxygen atoms in total. The maximum Gasteiger partial charge on any atom is 0.219 e. The molecule has 1 amide bonds. The van der Waals surface area contributed by atoms with Crippen molar-refractivity contribution >= 4 is 17.4 Å². The number of pyridine rings is 1. The highest BCUT2D eigenvalue weighted by Crippen LogP contribution is 2.29. The Kier molecular flexibility index (Phi) is 7.66. The molecule has 9 heteroatoms. The molecule has 37 heavy (non-hydrogen) atoms. The van der Waals surface area contributed by atoms with Gasteiger partial charge in [0, 0.05) is 32.4 Å². The van der Waals surface area contributed by atoms with Crippen molar-refractivity contribution < 1.29 is 9.53 Å². The van der Waals surface area contributed by atoms with Gasteiger partial charge in [0.2, 0.25) is 5.91 Å². The summed E-state index contributed by atoms with van der Waals surface area (Å²) in [5.74, 6) is 1.83. The second-order valence-corrected chi connectivity index (χ2v) is 9.83. The van der Waals surface area contributed by atoms with Crippen LogP contribution >= 0.6 is 0 Å². The summed E-state index contributed by atoms with van der Waals surface area (Å²) in [5.41, 5.74) is 3.30. The number of piperidine rings is 2. The van der Waals surface area contributed by atoms with Crippen LogP contribution in [0.15, 0.2) is 48.9 Å². The number of anilines is 2. The van der Waals surface area contributed by atoms with Crippen molar-refractivity contribution in [2.45, 2.75) is 38.6 Å². The Hall–Kier alpha value is -3.90. The second kappa shape index (κ2) is 11.4. The van der Waals surface area contributed by atoms with Gasteiger partial charge >= 0.3 is 0 Å². The Morgan fingerprint density at radius 3 is 2.70 bits per heavy atom. The number of carbonyl (C=O) groups is 1. The minimum atomic E-state index is 0.128. The van der Waals surface area contributed by atoms with Crippen molar-refractivity contribution in [3.8, 4) is 22.9 Å². The first kappa shape index (κ1) is 24.8. The lowest BCUT2D eigenvalue weighted by Gasteiger charge is -2.31. The molecule has 2 saturated heterocycles. The van der Waals surface area contributed by atoms with Crippen molar-refractivity contribution in [2.75, 3.05) is 38.1 Å². The van der Waals surface area contributed by atoms with E-state index in [0.717, 1.165) is 74.5 Å². The minimum Gasteiger partial charge on any atom is -0.492 e. The van der Waals surface area contributed by atoms with Crippen LogP contribution in [0.25, 0.3) is 11.1 Å². The van der Waals surface area contributed by atoms with E-state index in [-0.39, 0.29) is 5.91 Å². The zero-order valence-corrected chi connectivity index (χ0v) is 21.2. The number of hydrogen-bond donors (Lipinski definition) is 2. The Morgan fingerprint density at radius 2 is 1.95 bits per heavy atom. The van der Waals surface area contributed by atoms with Crippen LogP contribution in [0.5, 0.6) is 5.75 Å². The fourth-order valence-corrected chi connectivity index (χ4v) is 5.04. The highest BCUT2D eigenvalue weighted by Gasteiger charge is 2.21. The number of rotatable bonds is 7. The third-order valence-electron chi connectivity index (χ3n) is 7.28. The van der Waals surface area contributed by atoms with Gasteiger partial charge in [-0.25, -0.2) is 4.98 Å². The molecule has 0 spiro atoms. The van der Waals surface area contributed by atoms with Gasteiger partial charge in [0.25, 0.3) is 0 Å². The molecule has 0 aliphatic carbocycles. The number of ether oxygens (including phenoxy) is 1. The normalized spacial score (nSPS) is 16.8. The van der Waals surface area contributed by atoms with Crippen LogP contribution in [0.1, 0.15) is 44.2 Å². The van der Waals surface area contributed by atoms with E-state index in [4.69, 9.17) is 4.74 Å². The smallest absolute Gasteiger partial charge is 0.219 e. The maximum atomic E-state index is 11.5. The molecular weight excluding hydrogens is 466 g/mol. The van der Waals surface area contributed by atoms with E-state index >= 15 is 0 Å². The lowest BCUT2D eigenvalue weighted by Crippen LogP contribution is -2.38. The number of benzene rings is 1. The molecule has 0 atom stereocenters. The summed E-state index contributed by atoms with van der Waals surface area (Å²) in [6, 6.07) is 12.3. The van der Waals surface area contributed by atoms with Gasteiger partial charge in [0.1, 0.15) is 17.6 Å². The summed E-state index contributed by atoms with van der Waals surface area (Å²) in [7, 11) is 0. The second-order valence-electron chi connectivity index (χ2n) is 9.83. The molecule has 2 aromatic heterocycles. The maximum absolute atomic E-state index is 11.5. The third-order valence-corrected chi connectivity index (χ3v) is 7.28. The quantitative estimate of drug-likeness (QED) is 0.503. The van der Waals surface area contributed by atoms with Crippen LogP contribution in [-0.2, 0) is 4.79 Å². The summed E-state index contributed by atoms with van der Waals surface area (Å²) >= 11 is 0. The Bertz CT molecular complexity index is 1270. The molecule has 4 heterocycles. The summed E-state index contributed by atoms with van der Waals surface area (Å²) in [6.07, 6.45) is 9.63. The zero-order chi connectivity index (χ0) is 25.6. The first-order chi connectivity index (χ1) is 18.1. The van der Waals surface area contributed by atoms with Crippen molar-refractivity contribution in [3.05, 3.63) is 54.5 Å². The van der Waals surface area contributed by atoms with E-state index in [0.29, 0.717) is 29.9 Å². The predicted octanol–water partition coefficient (Wildman–Crippen LogP) is 4.12. The predicted molar refractivity (Wildman–Crippen MR) is 142 cm³/mol. The number of amides is 1. The number of carbonyl (C=O) groups excluding carboxylic acids is 1. The summed E-state index contributed by atoms with van der Waals surface area (Å²) < 4.78 is 8.08. The average Bonchev–Trinajstić information content (AvgIpc) is 3.41. The van der Waals surface area contributed by atoms with Gasteiger partial charge in [-0.05, 0) is 80.1 Å². The van der Waals surface area contributed by atoms with Crippen molar-refractivity contribution in [3.63, 3.8) is 0 Å². The molecule has 192 valence electrons. The van der Waals surface area contributed by atoms with E-state index in [1.807, 2.05) is 52.3 Å². The zero-order valence-electron chi connectivity index (χ0n) is 21.2. The van der Waals surface area contributed by atoms with Crippen molar-refractivity contribution in [2.24, 2.45) is 5.92 Å². The molecule has 3 aromatic rings. The average molecular weight is 500 g/mol. The molecule has 0 radical (unpaired) electrons. The van der Waals surface area contributed by atoms with Gasteiger partial charge in [-0.1, -0.05) is 6.07 Å². The molecule has 5 rings (SSSR count). The van der Waals surface area contributed by atoms with Gasteiger partial charge in [0.15, 0.2) is 0 Å². The monoisotopic (exact) mass is 499 g/mol. The molecule has 0 saturated carbocycles. The van der Waals surface area contributed by atoms with Crippen molar-refractivity contribution in [1.29, 1.82) is 5.26 Å². The summed E-state index contributed by atoms with van der Waals surface area (Å²) in [6.45, 7) is 5.74. The van der Waals surface area contributed by atoms with Crippen LogP contribution in [0, 0.1) is 17.2 Å². The Labute approximate surface area is 217 Å². The van der Waals surface area contributed by atoms with Gasteiger partial charge in [-0.15, -0.1) is 0 Å². The van der Waals surface area contributed by atoms with Gasteiger partial charge in [-0.3, -0.25) is 9.48 Å². The molecule has 2 aliphatic heterocycles. The molecular formula is C28H33N7O2. The number of nitrogens with zero attached hydrogens (tertiary/aromatic N) is 5. The van der Waals surface area contributed by atoms with E-state index in [9.17, 15) is 10.1 Å². The lowest BCUT2D eigenvalue weighted by atomic mass is 9.97. The van der Waals surface area contributed by atoms with Crippen LogP contribution in [0.2, 0.25) is 0 Å². The van der Waals surface area contributed by atoms with E-state index in [1.165, 1.54) is 0 Å². The van der Waals surface area contributed by atoms with Crippen molar-refractivity contribution in [1.82, 2.24) is 25.0 Å². The van der Waals surface area contributed by atoms with Crippen LogP contribution in [0.4, 0.5) is 11.5 Å². The van der Waals surface area contributed by atoms with Gasteiger partial charge < -0.3 is 20.3 Å². The summed E-state index contributed by atoms with van der Waals surface area (Å²) in [5, 5.41) is 21.1. The SMILES string of the molecule is CC(=O)N1CCC(COc2ccc(-c3ccnc(Nc4cnn(C5CCNCC5)c4)c3)cc2C#N)CC1. The number of nitriles is 1. The third kappa shape index (κ3) is 6.09. The Balaban J connectivity index is 1.23. The number of hydrogen-bond acceptors (Lipinski definition) is 7. The fourth-order valence-electron chi connectivity index (χ4n) is 5.04. The highest BCUT2D eigenvalue weighted by atomic mass is 16.5. The largest absolute Gasteiger partial charge is 0.492 e. The topological polar surface area (TPSA) is 108 Å². The molecule has 2 N–H and O–H groups in total. The molecule has 0 bridgehead atoms. The van der Waals surface area contributed by atoms with E-state index in [2.05, 4.69) is 26.8 Å². The highest BCUT2D eigenvalue weighted by molar-refractivity contribution is 5.73. The Morgan fingerprint density at radius 1 is 1.16 bits per heavy atom. The van der Waals surface area contributed by atoms with E-state index in [1.54, 1.807) is 13.1 Å². The fraction of sp³-hybridized carbons (Fsp3) is 0.429. The van der Waals surface area contributed by atoms with Crippen LogP contribution < -0.4 is 15.4 Å². The molecule has 0 unspecified atom stereocenters. The molecule has 1 aromatic carbocycles. The number of aromatic nitrogens is 3. The van der Waals surface area contributed by atoms with Gasteiger partial charge in [0.05, 0.1) is 30.1 Å². The molecule has 2 aliphatic rings. The van der Waals surface area contributed by atoms with Crippen LogP contribution in [-0.4, -0.2) is 58.4 Å². The first-order valence-corrected chi connectivity index (χ1v) is 13.0. The number of nitrogens with one attached hydrogen (secondary N) is 2. The lowest BCUT2D eigenvalue weighted by molar-refractivity contribution is -0.130. The van der Waals surface area contributed by atoms with Gasteiger partial charge in [-0.2, -0.15) is 10.4 Å². The number of likely N-dealkylation sites (tertiary alicyclic amines) is 1. The van der Waals surface area contributed by atoms with E-state index < -0.39 is 0 Å². The van der Waals surface area contributed by atoms with Crippen LogP contribution in [0.3, 0.4) is 0 Å².